The van der Waals surface area contributed by atoms with Crippen molar-refractivity contribution in [2.45, 2.75) is 33.1 Å². The lowest BCUT2D eigenvalue weighted by molar-refractivity contribution is 0.0971. The van der Waals surface area contributed by atoms with E-state index < -0.39 is 0 Å². The van der Waals surface area contributed by atoms with E-state index in [4.69, 9.17) is 5.73 Å². The fraction of sp³-hybridized carbons (Fsp3) is 0.636. The number of ketones is 1. The SMILES string of the molecule is CC(C)CCC(=O)c1csc(CCN)n1. The minimum absolute atomic E-state index is 0.156. The van der Waals surface area contributed by atoms with Gasteiger partial charge in [-0.3, -0.25) is 4.79 Å². The third-order valence-electron chi connectivity index (χ3n) is 2.14. The van der Waals surface area contributed by atoms with E-state index in [1.165, 1.54) is 11.3 Å². The molecular formula is C11H18N2OS. The van der Waals surface area contributed by atoms with Gasteiger partial charge in [-0.15, -0.1) is 11.3 Å². The van der Waals surface area contributed by atoms with Crippen LogP contribution in [0, 0.1) is 5.92 Å². The zero-order valence-electron chi connectivity index (χ0n) is 9.32. The Bertz CT molecular complexity index is 320. The molecule has 15 heavy (non-hydrogen) atoms. The number of nitrogens with zero attached hydrogens (tertiary/aromatic N) is 1. The molecule has 0 amide bonds. The molecule has 1 rings (SSSR count). The summed E-state index contributed by atoms with van der Waals surface area (Å²) in [5, 5.41) is 2.80. The molecule has 0 radical (unpaired) electrons. The van der Waals surface area contributed by atoms with Crippen molar-refractivity contribution < 1.29 is 4.79 Å². The van der Waals surface area contributed by atoms with Crippen LogP contribution in [0.3, 0.4) is 0 Å². The first kappa shape index (κ1) is 12.3. The van der Waals surface area contributed by atoms with Crippen LogP contribution in [0.2, 0.25) is 0 Å². The number of carbonyl (C=O) groups is 1. The molecule has 0 aliphatic rings. The van der Waals surface area contributed by atoms with E-state index in [0.717, 1.165) is 17.8 Å². The molecule has 0 fully saturated rings. The molecule has 4 heteroatoms. The van der Waals surface area contributed by atoms with E-state index in [2.05, 4.69) is 18.8 Å². The quantitative estimate of drug-likeness (QED) is 0.757. The first-order valence-corrected chi connectivity index (χ1v) is 6.19. The lowest BCUT2D eigenvalue weighted by Gasteiger charge is -2.01. The predicted molar refractivity (Wildman–Crippen MR) is 63.3 cm³/mol. The highest BCUT2D eigenvalue weighted by Crippen LogP contribution is 2.14. The fourth-order valence-corrected chi connectivity index (χ4v) is 2.04. The Morgan fingerprint density at radius 3 is 2.93 bits per heavy atom. The first-order valence-electron chi connectivity index (χ1n) is 5.31. The topological polar surface area (TPSA) is 56.0 Å². The molecule has 0 aliphatic heterocycles. The van der Waals surface area contributed by atoms with E-state index >= 15 is 0 Å². The summed E-state index contributed by atoms with van der Waals surface area (Å²) < 4.78 is 0. The number of Topliss-reactive ketones (excluding diaryl/α,β-unsaturated/α-hetero) is 1. The standard InChI is InChI=1S/C11H18N2OS/c1-8(2)3-4-10(14)9-7-15-11(13-9)5-6-12/h7-8H,3-6,12H2,1-2H3. The Morgan fingerprint density at radius 2 is 2.33 bits per heavy atom. The number of aromatic nitrogens is 1. The largest absolute Gasteiger partial charge is 0.330 e. The highest BCUT2D eigenvalue weighted by atomic mass is 32.1. The zero-order chi connectivity index (χ0) is 11.3. The van der Waals surface area contributed by atoms with Gasteiger partial charge in [0.25, 0.3) is 0 Å². The van der Waals surface area contributed by atoms with Crippen LogP contribution >= 0.6 is 11.3 Å². The van der Waals surface area contributed by atoms with Crippen molar-refractivity contribution in [2.24, 2.45) is 11.7 Å². The molecule has 0 unspecified atom stereocenters. The highest BCUT2D eigenvalue weighted by molar-refractivity contribution is 7.09. The Morgan fingerprint density at radius 1 is 1.60 bits per heavy atom. The second-order valence-electron chi connectivity index (χ2n) is 4.02. The zero-order valence-corrected chi connectivity index (χ0v) is 10.1. The van der Waals surface area contributed by atoms with Crippen LogP contribution < -0.4 is 5.73 Å². The van der Waals surface area contributed by atoms with Gasteiger partial charge in [-0.25, -0.2) is 4.98 Å². The number of rotatable bonds is 6. The molecule has 0 atom stereocenters. The molecule has 0 spiro atoms. The van der Waals surface area contributed by atoms with Crippen molar-refractivity contribution in [3.63, 3.8) is 0 Å². The number of hydrogen-bond acceptors (Lipinski definition) is 4. The lowest BCUT2D eigenvalue weighted by Crippen LogP contribution is -2.04. The van der Waals surface area contributed by atoms with Gasteiger partial charge >= 0.3 is 0 Å². The van der Waals surface area contributed by atoms with Gasteiger partial charge in [-0.05, 0) is 18.9 Å². The number of thiazole rings is 1. The smallest absolute Gasteiger partial charge is 0.182 e. The van der Waals surface area contributed by atoms with Crippen LogP contribution in [-0.2, 0) is 6.42 Å². The molecule has 1 heterocycles. The van der Waals surface area contributed by atoms with Gasteiger partial charge in [0.1, 0.15) is 5.69 Å². The van der Waals surface area contributed by atoms with E-state index in [-0.39, 0.29) is 5.78 Å². The maximum atomic E-state index is 11.7. The van der Waals surface area contributed by atoms with E-state index in [1.54, 1.807) is 0 Å². The van der Waals surface area contributed by atoms with Crippen molar-refractivity contribution in [1.82, 2.24) is 4.98 Å². The molecule has 0 saturated heterocycles. The molecule has 0 saturated carbocycles. The first-order chi connectivity index (χ1) is 7.13. The molecule has 84 valence electrons. The third-order valence-corrected chi connectivity index (χ3v) is 3.05. The lowest BCUT2D eigenvalue weighted by atomic mass is 10.1. The van der Waals surface area contributed by atoms with Crippen LogP contribution in [-0.4, -0.2) is 17.3 Å². The molecular weight excluding hydrogens is 208 g/mol. The van der Waals surface area contributed by atoms with Crippen molar-refractivity contribution in [2.75, 3.05) is 6.54 Å². The number of nitrogens with two attached hydrogens (primary N) is 1. The van der Waals surface area contributed by atoms with Gasteiger partial charge < -0.3 is 5.73 Å². The van der Waals surface area contributed by atoms with Crippen LogP contribution in [0.15, 0.2) is 5.38 Å². The van der Waals surface area contributed by atoms with Crippen molar-refractivity contribution >= 4 is 17.1 Å². The Kier molecular flexibility index (Phi) is 4.91. The summed E-state index contributed by atoms with van der Waals surface area (Å²) in [4.78, 5) is 15.9. The predicted octanol–water partition coefficient (Wildman–Crippen LogP) is 2.26. The van der Waals surface area contributed by atoms with Gasteiger partial charge in [0, 0.05) is 18.2 Å². The normalized spacial score (nSPS) is 10.9. The van der Waals surface area contributed by atoms with Gasteiger partial charge in [0.2, 0.25) is 0 Å². The molecule has 0 aromatic carbocycles. The monoisotopic (exact) mass is 226 g/mol. The fourth-order valence-electron chi connectivity index (χ4n) is 1.23. The average Bonchev–Trinajstić information content (AvgIpc) is 2.63. The molecule has 0 bridgehead atoms. The summed E-state index contributed by atoms with van der Waals surface area (Å²) in [7, 11) is 0. The summed E-state index contributed by atoms with van der Waals surface area (Å²) in [5.41, 5.74) is 6.04. The van der Waals surface area contributed by atoms with E-state index in [9.17, 15) is 4.79 Å². The Labute approximate surface area is 94.7 Å². The summed E-state index contributed by atoms with van der Waals surface area (Å²) in [6, 6.07) is 0. The average molecular weight is 226 g/mol. The van der Waals surface area contributed by atoms with Gasteiger partial charge in [-0.2, -0.15) is 0 Å². The third kappa shape index (κ3) is 4.10. The van der Waals surface area contributed by atoms with E-state index in [0.29, 0.717) is 24.6 Å². The minimum atomic E-state index is 0.156. The van der Waals surface area contributed by atoms with E-state index in [1.807, 2.05) is 5.38 Å². The van der Waals surface area contributed by atoms with Crippen LogP contribution in [0.25, 0.3) is 0 Å². The number of carbonyl (C=O) groups excluding carboxylic acids is 1. The van der Waals surface area contributed by atoms with Crippen molar-refractivity contribution in [3.8, 4) is 0 Å². The molecule has 3 nitrogen and oxygen atoms in total. The van der Waals surface area contributed by atoms with Gasteiger partial charge in [0.15, 0.2) is 5.78 Å². The summed E-state index contributed by atoms with van der Waals surface area (Å²) in [6.45, 7) is 4.83. The highest BCUT2D eigenvalue weighted by Gasteiger charge is 2.10. The van der Waals surface area contributed by atoms with Gasteiger partial charge in [0.05, 0.1) is 5.01 Å². The molecule has 1 aromatic rings. The Hall–Kier alpha value is -0.740. The molecule has 2 N–H and O–H groups in total. The molecule has 1 aromatic heterocycles. The second-order valence-corrected chi connectivity index (χ2v) is 4.96. The summed E-state index contributed by atoms with van der Waals surface area (Å²) in [5.74, 6) is 0.722. The molecule has 0 aliphatic carbocycles. The van der Waals surface area contributed by atoms with Crippen LogP contribution in [0.1, 0.15) is 42.2 Å². The van der Waals surface area contributed by atoms with Gasteiger partial charge in [-0.1, -0.05) is 13.8 Å². The Balaban J connectivity index is 2.50. The summed E-state index contributed by atoms with van der Waals surface area (Å²) in [6.07, 6.45) is 2.30. The maximum absolute atomic E-state index is 11.7. The van der Waals surface area contributed by atoms with Crippen molar-refractivity contribution in [3.05, 3.63) is 16.1 Å². The second kappa shape index (κ2) is 5.98. The number of hydrogen-bond donors (Lipinski definition) is 1. The van der Waals surface area contributed by atoms with Crippen LogP contribution in [0.5, 0.6) is 0 Å². The summed E-state index contributed by atoms with van der Waals surface area (Å²) >= 11 is 1.52. The minimum Gasteiger partial charge on any atom is -0.330 e. The van der Waals surface area contributed by atoms with Crippen LogP contribution in [0.4, 0.5) is 0 Å². The van der Waals surface area contributed by atoms with Crippen molar-refractivity contribution in [1.29, 1.82) is 0 Å². The maximum Gasteiger partial charge on any atom is 0.182 e.